The van der Waals surface area contributed by atoms with Gasteiger partial charge in [0.15, 0.2) is 0 Å². The summed E-state index contributed by atoms with van der Waals surface area (Å²) < 4.78 is 13.0. The van der Waals surface area contributed by atoms with E-state index in [1.165, 1.54) is 24.3 Å². The van der Waals surface area contributed by atoms with Crippen molar-refractivity contribution in [1.82, 2.24) is 9.80 Å². The molecule has 148 valence electrons. The van der Waals surface area contributed by atoms with Gasteiger partial charge >= 0.3 is 0 Å². The van der Waals surface area contributed by atoms with Gasteiger partial charge in [-0.25, -0.2) is 4.39 Å². The first-order valence-corrected chi connectivity index (χ1v) is 9.52. The van der Waals surface area contributed by atoms with Crippen LogP contribution in [0.25, 0.3) is 0 Å². The maximum atomic E-state index is 13.0. The fourth-order valence-electron chi connectivity index (χ4n) is 3.36. The Morgan fingerprint density at radius 3 is 2.29 bits per heavy atom. The highest BCUT2D eigenvalue weighted by Gasteiger charge is 2.28. The van der Waals surface area contributed by atoms with Crippen molar-refractivity contribution in [3.63, 3.8) is 0 Å². The third kappa shape index (κ3) is 4.57. The van der Waals surface area contributed by atoms with Crippen molar-refractivity contribution in [2.24, 2.45) is 0 Å². The SMILES string of the molecule is Cc1ccc(C)c(NC(=O)[C@@H](C)N2CCN(C(=O)c3ccc(F)cc3)CC2)c1. The lowest BCUT2D eigenvalue weighted by molar-refractivity contribution is -0.121. The summed E-state index contributed by atoms with van der Waals surface area (Å²) in [6, 6.07) is 11.3. The molecule has 5 nitrogen and oxygen atoms in total. The molecule has 0 unspecified atom stereocenters. The Labute approximate surface area is 165 Å². The number of rotatable bonds is 4. The zero-order valence-electron chi connectivity index (χ0n) is 16.5. The third-order valence-electron chi connectivity index (χ3n) is 5.27. The van der Waals surface area contributed by atoms with E-state index in [1.54, 1.807) is 4.90 Å². The van der Waals surface area contributed by atoms with Crippen molar-refractivity contribution in [2.75, 3.05) is 31.5 Å². The number of nitrogens with zero attached hydrogens (tertiary/aromatic N) is 2. The number of amides is 2. The molecule has 0 radical (unpaired) electrons. The summed E-state index contributed by atoms with van der Waals surface area (Å²) in [6.45, 7) is 8.17. The van der Waals surface area contributed by atoms with Crippen molar-refractivity contribution in [3.05, 3.63) is 65.0 Å². The molecule has 0 bridgehead atoms. The summed E-state index contributed by atoms with van der Waals surface area (Å²) in [5.74, 6) is -0.510. The fourth-order valence-corrected chi connectivity index (χ4v) is 3.36. The van der Waals surface area contributed by atoms with Crippen molar-refractivity contribution in [3.8, 4) is 0 Å². The predicted molar refractivity (Wildman–Crippen MR) is 108 cm³/mol. The van der Waals surface area contributed by atoms with Crippen molar-refractivity contribution >= 4 is 17.5 Å². The van der Waals surface area contributed by atoms with Gasteiger partial charge in [0.05, 0.1) is 6.04 Å². The average molecular weight is 383 g/mol. The molecule has 0 saturated carbocycles. The Hall–Kier alpha value is -2.73. The smallest absolute Gasteiger partial charge is 0.253 e. The molecule has 1 aliphatic heterocycles. The van der Waals surface area contributed by atoms with Crippen LogP contribution >= 0.6 is 0 Å². The van der Waals surface area contributed by atoms with Crippen LogP contribution in [-0.2, 0) is 4.79 Å². The highest BCUT2D eigenvalue weighted by molar-refractivity contribution is 5.95. The number of hydrogen-bond acceptors (Lipinski definition) is 3. The number of hydrogen-bond donors (Lipinski definition) is 1. The maximum Gasteiger partial charge on any atom is 0.253 e. The minimum Gasteiger partial charge on any atom is -0.336 e. The van der Waals surface area contributed by atoms with Crippen LogP contribution in [0.5, 0.6) is 0 Å². The van der Waals surface area contributed by atoms with E-state index in [4.69, 9.17) is 0 Å². The van der Waals surface area contributed by atoms with E-state index in [0.717, 1.165) is 16.8 Å². The quantitative estimate of drug-likeness (QED) is 0.882. The van der Waals surface area contributed by atoms with Crippen LogP contribution in [0.15, 0.2) is 42.5 Å². The lowest BCUT2D eigenvalue weighted by atomic mass is 10.1. The molecule has 0 aromatic heterocycles. The fraction of sp³-hybridized carbons (Fsp3) is 0.364. The minimum atomic E-state index is -0.356. The van der Waals surface area contributed by atoms with Crippen LogP contribution in [0.2, 0.25) is 0 Å². The zero-order chi connectivity index (χ0) is 20.3. The summed E-state index contributed by atoms with van der Waals surface area (Å²) >= 11 is 0. The van der Waals surface area contributed by atoms with Gasteiger partial charge in [-0.1, -0.05) is 12.1 Å². The first-order valence-electron chi connectivity index (χ1n) is 9.52. The maximum absolute atomic E-state index is 13.0. The number of aryl methyl sites for hydroxylation is 2. The van der Waals surface area contributed by atoms with Gasteiger partial charge in [0.2, 0.25) is 5.91 Å². The Morgan fingerprint density at radius 1 is 1.00 bits per heavy atom. The van der Waals surface area contributed by atoms with Crippen molar-refractivity contribution in [1.29, 1.82) is 0 Å². The van der Waals surface area contributed by atoms with E-state index in [0.29, 0.717) is 31.7 Å². The lowest BCUT2D eigenvalue weighted by Gasteiger charge is -2.37. The van der Waals surface area contributed by atoms with Crippen molar-refractivity contribution in [2.45, 2.75) is 26.8 Å². The summed E-state index contributed by atoms with van der Waals surface area (Å²) in [7, 11) is 0. The molecule has 28 heavy (non-hydrogen) atoms. The number of piperazine rings is 1. The highest BCUT2D eigenvalue weighted by Crippen LogP contribution is 2.18. The lowest BCUT2D eigenvalue weighted by Crippen LogP contribution is -2.54. The molecule has 2 aromatic carbocycles. The molecule has 2 amide bonds. The molecule has 2 aromatic rings. The number of nitrogens with one attached hydrogen (secondary N) is 1. The van der Waals surface area contributed by atoms with Gasteiger partial charge in [0.25, 0.3) is 5.91 Å². The number of carbonyl (C=O) groups excluding carboxylic acids is 2. The van der Waals surface area contributed by atoms with E-state index in [2.05, 4.69) is 10.2 Å². The van der Waals surface area contributed by atoms with E-state index in [9.17, 15) is 14.0 Å². The highest BCUT2D eigenvalue weighted by atomic mass is 19.1. The third-order valence-corrected chi connectivity index (χ3v) is 5.27. The van der Waals surface area contributed by atoms with E-state index < -0.39 is 0 Å². The summed E-state index contributed by atoms with van der Waals surface area (Å²) in [5, 5.41) is 3.02. The summed E-state index contributed by atoms with van der Waals surface area (Å²) in [6.07, 6.45) is 0. The van der Waals surface area contributed by atoms with Gasteiger partial charge in [0.1, 0.15) is 5.82 Å². The molecular weight excluding hydrogens is 357 g/mol. The molecule has 6 heteroatoms. The zero-order valence-corrected chi connectivity index (χ0v) is 16.5. The molecule has 1 N–H and O–H groups in total. The molecular formula is C22H26FN3O2. The number of benzene rings is 2. The minimum absolute atomic E-state index is 0.0491. The Bertz CT molecular complexity index is 859. The van der Waals surface area contributed by atoms with Crippen molar-refractivity contribution < 1.29 is 14.0 Å². The summed E-state index contributed by atoms with van der Waals surface area (Å²) in [4.78, 5) is 29.0. The molecule has 1 aliphatic rings. The van der Waals surface area contributed by atoms with Gasteiger partial charge in [-0.3, -0.25) is 14.5 Å². The molecule has 3 rings (SSSR count). The standard InChI is InChI=1S/C22H26FN3O2/c1-15-4-5-16(2)20(14-15)24-21(27)17(3)25-10-12-26(13-11-25)22(28)18-6-8-19(23)9-7-18/h4-9,14,17H,10-13H2,1-3H3,(H,24,27)/t17-/m1/s1. The van der Waals surface area contributed by atoms with E-state index in [-0.39, 0.29) is 23.7 Å². The molecule has 1 fully saturated rings. The van der Waals surface area contributed by atoms with Crippen LogP contribution in [0.4, 0.5) is 10.1 Å². The number of anilines is 1. The van der Waals surface area contributed by atoms with Crippen LogP contribution in [0.1, 0.15) is 28.4 Å². The van der Waals surface area contributed by atoms with Gasteiger partial charge < -0.3 is 10.2 Å². The Morgan fingerprint density at radius 2 is 1.64 bits per heavy atom. The Balaban J connectivity index is 1.56. The second-order valence-electron chi connectivity index (χ2n) is 7.32. The molecule has 1 heterocycles. The summed E-state index contributed by atoms with van der Waals surface area (Å²) in [5.41, 5.74) is 3.44. The number of halogens is 1. The first kappa shape index (κ1) is 20.0. The topological polar surface area (TPSA) is 52.7 Å². The van der Waals surface area contributed by atoms with E-state index in [1.807, 2.05) is 39.0 Å². The second-order valence-corrected chi connectivity index (χ2v) is 7.32. The number of carbonyl (C=O) groups is 2. The molecule has 0 aliphatic carbocycles. The van der Waals surface area contributed by atoms with Gasteiger partial charge in [-0.2, -0.15) is 0 Å². The van der Waals surface area contributed by atoms with Crippen LogP contribution in [0, 0.1) is 19.7 Å². The monoisotopic (exact) mass is 383 g/mol. The van der Waals surface area contributed by atoms with Crippen LogP contribution in [0.3, 0.4) is 0 Å². The van der Waals surface area contributed by atoms with Gasteiger partial charge in [-0.15, -0.1) is 0 Å². The first-order chi connectivity index (χ1) is 13.3. The normalized spacial score (nSPS) is 15.9. The largest absolute Gasteiger partial charge is 0.336 e. The van der Waals surface area contributed by atoms with Gasteiger partial charge in [-0.05, 0) is 62.2 Å². The predicted octanol–water partition coefficient (Wildman–Crippen LogP) is 3.23. The van der Waals surface area contributed by atoms with Crippen LogP contribution < -0.4 is 5.32 Å². The molecule has 0 spiro atoms. The van der Waals surface area contributed by atoms with Gasteiger partial charge in [0, 0.05) is 37.4 Å². The molecule has 1 saturated heterocycles. The van der Waals surface area contributed by atoms with Crippen LogP contribution in [-0.4, -0.2) is 53.8 Å². The van der Waals surface area contributed by atoms with E-state index >= 15 is 0 Å². The Kier molecular flexibility index (Phi) is 6.09. The molecule has 1 atom stereocenters. The second kappa shape index (κ2) is 8.52. The average Bonchev–Trinajstić information content (AvgIpc) is 2.70.